The van der Waals surface area contributed by atoms with Gasteiger partial charge in [0.05, 0.1) is 12.9 Å². The van der Waals surface area contributed by atoms with Gasteiger partial charge >= 0.3 is 0 Å². The van der Waals surface area contributed by atoms with E-state index in [9.17, 15) is 14.4 Å². The van der Waals surface area contributed by atoms with Gasteiger partial charge < -0.3 is 15.4 Å². The molecule has 0 aliphatic carbocycles. The van der Waals surface area contributed by atoms with Crippen molar-refractivity contribution < 1.29 is 19.1 Å². The number of nitrogens with one attached hydrogen (secondary N) is 3. The minimum absolute atomic E-state index is 0.0686. The number of hydrogen-bond acceptors (Lipinski definition) is 9. The molecule has 12 heteroatoms. The molecule has 0 bridgehead atoms. The van der Waals surface area contributed by atoms with Gasteiger partial charge in [-0.3, -0.25) is 19.7 Å². The number of methoxy groups -OCH3 is 1. The minimum Gasteiger partial charge on any atom is -0.497 e. The zero-order chi connectivity index (χ0) is 29.0. The van der Waals surface area contributed by atoms with Crippen molar-refractivity contribution >= 4 is 69.7 Å². The Morgan fingerprint density at radius 2 is 1.73 bits per heavy atom. The zero-order valence-electron chi connectivity index (χ0n) is 22.2. The van der Waals surface area contributed by atoms with E-state index >= 15 is 0 Å². The number of carbonyl (C=O) groups excluding carboxylic acids is 3. The van der Waals surface area contributed by atoms with Gasteiger partial charge in [0.25, 0.3) is 11.8 Å². The molecule has 0 spiro atoms. The summed E-state index contributed by atoms with van der Waals surface area (Å²) in [5.74, 6) is 0.567. The van der Waals surface area contributed by atoms with Crippen molar-refractivity contribution in [3.05, 3.63) is 95.7 Å². The van der Waals surface area contributed by atoms with Crippen molar-refractivity contribution in [1.82, 2.24) is 14.7 Å². The quantitative estimate of drug-likeness (QED) is 0.137. The van der Waals surface area contributed by atoms with E-state index < -0.39 is 11.8 Å². The van der Waals surface area contributed by atoms with Gasteiger partial charge in [0.1, 0.15) is 11.4 Å². The maximum Gasteiger partial charge on any atom is 0.272 e. The third kappa shape index (κ3) is 9.20. The van der Waals surface area contributed by atoms with Gasteiger partial charge in [-0.1, -0.05) is 55.1 Å². The van der Waals surface area contributed by atoms with Crippen LogP contribution < -0.4 is 20.7 Å². The second kappa shape index (κ2) is 15.0. The van der Waals surface area contributed by atoms with Crippen molar-refractivity contribution in [2.45, 2.75) is 17.0 Å². The van der Waals surface area contributed by atoms with Gasteiger partial charge in [-0.05, 0) is 59.9 Å². The molecule has 9 nitrogen and oxygen atoms in total. The Morgan fingerprint density at radius 3 is 2.46 bits per heavy atom. The molecule has 41 heavy (non-hydrogen) atoms. The zero-order valence-corrected chi connectivity index (χ0v) is 24.7. The van der Waals surface area contributed by atoms with Gasteiger partial charge in [-0.15, -0.1) is 11.8 Å². The highest BCUT2D eigenvalue weighted by Crippen LogP contribution is 2.24. The van der Waals surface area contributed by atoms with Crippen LogP contribution in [-0.2, 0) is 9.59 Å². The molecule has 0 unspecified atom stereocenters. The van der Waals surface area contributed by atoms with Gasteiger partial charge in [0.15, 0.2) is 0 Å². The largest absolute Gasteiger partial charge is 0.497 e. The number of carbonyl (C=O) groups is 3. The monoisotopic (exact) mass is 605 g/mol. The van der Waals surface area contributed by atoms with Crippen molar-refractivity contribution in [2.24, 2.45) is 0 Å². The number of anilines is 2. The van der Waals surface area contributed by atoms with E-state index in [1.165, 1.54) is 23.5 Å². The molecule has 3 N–H and O–H groups in total. The van der Waals surface area contributed by atoms with E-state index in [4.69, 9.17) is 4.74 Å². The van der Waals surface area contributed by atoms with E-state index in [0.29, 0.717) is 32.9 Å². The van der Waals surface area contributed by atoms with Crippen molar-refractivity contribution in [1.29, 1.82) is 0 Å². The van der Waals surface area contributed by atoms with E-state index in [-0.39, 0.29) is 17.4 Å². The van der Waals surface area contributed by atoms with Gasteiger partial charge in [0.2, 0.25) is 16.2 Å². The summed E-state index contributed by atoms with van der Waals surface area (Å²) in [6.45, 7) is 2.01. The van der Waals surface area contributed by atoms with Crippen LogP contribution in [0.4, 0.5) is 10.8 Å². The molecule has 3 aromatic carbocycles. The van der Waals surface area contributed by atoms with Crippen LogP contribution in [-0.4, -0.2) is 45.7 Å². The Balaban J connectivity index is 1.43. The minimum atomic E-state index is -0.498. The van der Waals surface area contributed by atoms with Gasteiger partial charge in [-0.2, -0.15) is 9.36 Å². The lowest BCUT2D eigenvalue weighted by molar-refractivity contribution is -0.114. The van der Waals surface area contributed by atoms with Crippen LogP contribution in [0.2, 0.25) is 0 Å². The SMILES string of the molecule is CCSc1nsc(NC(=O)CSc2cccc(NC(=O)/C(=C\c3ccc(OC)cc3)NC(=O)c3ccccc3)c2)n1. The molecule has 0 aliphatic heterocycles. The molecule has 3 amide bonds. The maximum atomic E-state index is 13.3. The standard InChI is InChI=1S/C29H27N5O4S3/c1-3-39-29-33-28(41-34-29)32-25(35)18-40-23-11-7-10-21(17-23)30-27(37)24(16-19-12-14-22(38-2)15-13-19)31-26(36)20-8-5-4-6-9-20/h4-17H,3,18H2,1-2H3,(H,30,37)(H,31,36)(H,32,33,34,35)/b24-16+. The number of nitrogens with zero attached hydrogens (tertiary/aromatic N) is 2. The van der Waals surface area contributed by atoms with Crippen LogP contribution in [0, 0.1) is 0 Å². The third-order valence-electron chi connectivity index (χ3n) is 5.34. The van der Waals surface area contributed by atoms with E-state index in [1.807, 2.05) is 19.1 Å². The fourth-order valence-electron chi connectivity index (χ4n) is 3.42. The molecule has 0 fully saturated rings. The maximum absolute atomic E-state index is 13.3. The molecule has 0 aliphatic rings. The number of benzene rings is 3. The Hall–Kier alpha value is -4.13. The van der Waals surface area contributed by atoms with Crippen molar-refractivity contribution in [2.75, 3.05) is 29.2 Å². The summed E-state index contributed by atoms with van der Waals surface area (Å²) >= 11 is 3.97. The first-order valence-electron chi connectivity index (χ1n) is 12.5. The fourth-order valence-corrected chi connectivity index (χ4v) is 5.47. The van der Waals surface area contributed by atoms with Crippen LogP contribution >= 0.6 is 35.1 Å². The lowest BCUT2D eigenvalue weighted by atomic mass is 10.1. The van der Waals surface area contributed by atoms with Crippen molar-refractivity contribution in [3.8, 4) is 5.75 Å². The van der Waals surface area contributed by atoms with E-state index in [1.54, 1.807) is 79.9 Å². The second-order valence-corrected chi connectivity index (χ2v) is 11.3. The number of ether oxygens (including phenoxy) is 1. The smallest absolute Gasteiger partial charge is 0.272 e. The molecule has 210 valence electrons. The number of hydrogen-bond donors (Lipinski definition) is 3. The van der Waals surface area contributed by atoms with Crippen LogP contribution in [0.25, 0.3) is 6.08 Å². The molecule has 1 heterocycles. The first-order valence-corrected chi connectivity index (χ1v) is 15.2. The Labute approximate surface area is 250 Å². The van der Waals surface area contributed by atoms with Crippen molar-refractivity contribution in [3.63, 3.8) is 0 Å². The molecule has 4 rings (SSSR count). The summed E-state index contributed by atoms with van der Waals surface area (Å²) in [6.07, 6.45) is 1.59. The molecular formula is C29H27N5O4S3. The highest BCUT2D eigenvalue weighted by molar-refractivity contribution is 8.00. The summed E-state index contributed by atoms with van der Waals surface area (Å²) in [7, 11) is 1.57. The number of aromatic nitrogens is 2. The van der Waals surface area contributed by atoms with Crippen LogP contribution in [0.3, 0.4) is 0 Å². The number of rotatable bonds is 12. The topological polar surface area (TPSA) is 122 Å². The number of thioether (sulfide) groups is 2. The Kier molecular flexibility index (Phi) is 10.9. The first kappa shape index (κ1) is 29.8. The average molecular weight is 606 g/mol. The van der Waals surface area contributed by atoms with Gasteiger partial charge in [0, 0.05) is 27.7 Å². The van der Waals surface area contributed by atoms with Crippen LogP contribution in [0.15, 0.2) is 94.6 Å². The fraction of sp³-hybridized carbons (Fsp3) is 0.138. The van der Waals surface area contributed by atoms with Crippen LogP contribution in [0.5, 0.6) is 5.75 Å². The van der Waals surface area contributed by atoms with E-state index in [2.05, 4.69) is 25.3 Å². The van der Waals surface area contributed by atoms with Gasteiger partial charge in [-0.25, -0.2) is 0 Å². The molecule has 0 radical (unpaired) electrons. The molecule has 0 atom stereocenters. The molecule has 4 aromatic rings. The van der Waals surface area contributed by atoms with E-state index in [0.717, 1.165) is 22.2 Å². The second-order valence-electron chi connectivity index (χ2n) is 8.29. The lowest BCUT2D eigenvalue weighted by Crippen LogP contribution is -2.30. The molecular weight excluding hydrogens is 579 g/mol. The summed E-state index contributed by atoms with van der Waals surface area (Å²) in [4.78, 5) is 43.7. The Bertz CT molecular complexity index is 1520. The summed E-state index contributed by atoms with van der Waals surface area (Å²) < 4.78 is 9.40. The molecule has 1 aromatic heterocycles. The number of amides is 3. The Morgan fingerprint density at radius 1 is 0.951 bits per heavy atom. The lowest BCUT2D eigenvalue weighted by Gasteiger charge is -2.12. The predicted octanol–water partition coefficient (Wildman–Crippen LogP) is 5.80. The highest BCUT2D eigenvalue weighted by Gasteiger charge is 2.16. The third-order valence-corrected chi connectivity index (χ3v) is 7.81. The summed E-state index contributed by atoms with van der Waals surface area (Å²) in [5, 5.41) is 9.44. The normalized spacial score (nSPS) is 11.0. The summed E-state index contributed by atoms with van der Waals surface area (Å²) in [6, 6.07) is 22.9. The van der Waals surface area contributed by atoms with Crippen LogP contribution in [0.1, 0.15) is 22.8 Å². The summed E-state index contributed by atoms with van der Waals surface area (Å²) in [5.41, 5.74) is 1.71. The average Bonchev–Trinajstić information content (AvgIpc) is 3.43. The first-order chi connectivity index (χ1) is 19.9. The molecule has 0 saturated heterocycles. The predicted molar refractivity (Wildman–Crippen MR) is 166 cm³/mol. The molecule has 0 saturated carbocycles. The highest BCUT2D eigenvalue weighted by atomic mass is 32.2.